The largest absolute Gasteiger partial charge is 0.396 e. The van der Waals surface area contributed by atoms with Gasteiger partial charge in [-0.25, -0.2) is 0 Å². The summed E-state index contributed by atoms with van der Waals surface area (Å²) in [5.74, 6) is 0. The molecular formula is C9H18O7. The predicted octanol–water partition coefficient (Wildman–Crippen LogP) is -3.69. The first-order valence-electron chi connectivity index (χ1n) is 5.10. The Labute approximate surface area is 92.2 Å². The highest BCUT2D eigenvalue weighted by atomic mass is 16.4. The topological polar surface area (TPSA) is 142 Å². The summed E-state index contributed by atoms with van der Waals surface area (Å²) in [6, 6.07) is 0. The SMILES string of the molecule is OCCCC1(O)C(O)C(O)C(O)[C@@H](O)C1O. The highest BCUT2D eigenvalue weighted by Crippen LogP contribution is 2.33. The van der Waals surface area contributed by atoms with Crippen molar-refractivity contribution in [2.45, 2.75) is 49.0 Å². The maximum atomic E-state index is 9.96. The van der Waals surface area contributed by atoms with Gasteiger partial charge in [-0.05, 0) is 12.8 Å². The second-order valence-corrected chi connectivity index (χ2v) is 4.18. The lowest BCUT2D eigenvalue weighted by atomic mass is 9.72. The molecule has 0 saturated heterocycles. The van der Waals surface area contributed by atoms with Crippen LogP contribution >= 0.6 is 0 Å². The van der Waals surface area contributed by atoms with Gasteiger partial charge in [-0.1, -0.05) is 0 Å². The van der Waals surface area contributed by atoms with Crippen molar-refractivity contribution in [3.63, 3.8) is 0 Å². The molecule has 0 bridgehead atoms. The maximum absolute atomic E-state index is 9.96. The Morgan fingerprint density at radius 2 is 1.25 bits per heavy atom. The van der Waals surface area contributed by atoms with Crippen LogP contribution in [0.1, 0.15) is 12.8 Å². The summed E-state index contributed by atoms with van der Waals surface area (Å²) in [5, 5.41) is 65.7. The summed E-state index contributed by atoms with van der Waals surface area (Å²) in [6.07, 6.45) is -8.91. The average Bonchev–Trinajstić information content (AvgIpc) is 2.29. The number of aliphatic hydroxyl groups excluding tert-OH is 6. The van der Waals surface area contributed by atoms with Gasteiger partial charge < -0.3 is 35.7 Å². The zero-order valence-corrected chi connectivity index (χ0v) is 8.64. The normalized spacial score (nSPS) is 49.3. The number of hydrogen-bond donors (Lipinski definition) is 7. The Morgan fingerprint density at radius 3 is 1.62 bits per heavy atom. The Kier molecular flexibility index (Phi) is 4.24. The van der Waals surface area contributed by atoms with Crippen molar-refractivity contribution in [2.75, 3.05) is 6.61 Å². The van der Waals surface area contributed by atoms with Crippen LogP contribution in [-0.2, 0) is 0 Å². The second-order valence-electron chi connectivity index (χ2n) is 4.18. The molecule has 16 heavy (non-hydrogen) atoms. The fourth-order valence-electron chi connectivity index (χ4n) is 2.00. The van der Waals surface area contributed by atoms with E-state index in [1.807, 2.05) is 0 Å². The van der Waals surface area contributed by atoms with E-state index in [-0.39, 0.29) is 19.4 Å². The van der Waals surface area contributed by atoms with Crippen LogP contribution in [0.15, 0.2) is 0 Å². The predicted molar refractivity (Wildman–Crippen MR) is 51.3 cm³/mol. The van der Waals surface area contributed by atoms with E-state index < -0.39 is 36.1 Å². The molecule has 7 nitrogen and oxygen atoms in total. The molecule has 0 aliphatic heterocycles. The van der Waals surface area contributed by atoms with Gasteiger partial charge in [0.25, 0.3) is 0 Å². The molecule has 0 aromatic rings. The van der Waals surface area contributed by atoms with Crippen molar-refractivity contribution in [1.29, 1.82) is 0 Å². The molecule has 1 saturated carbocycles. The molecule has 96 valence electrons. The van der Waals surface area contributed by atoms with Crippen LogP contribution < -0.4 is 0 Å². The molecule has 0 heterocycles. The minimum Gasteiger partial charge on any atom is -0.396 e. The quantitative estimate of drug-likeness (QED) is 0.268. The molecule has 6 atom stereocenters. The van der Waals surface area contributed by atoms with Crippen molar-refractivity contribution in [2.24, 2.45) is 0 Å². The molecule has 0 amide bonds. The van der Waals surface area contributed by atoms with E-state index in [1.165, 1.54) is 0 Å². The first-order chi connectivity index (χ1) is 7.36. The van der Waals surface area contributed by atoms with Gasteiger partial charge in [-0.3, -0.25) is 0 Å². The summed E-state index contributed by atoms with van der Waals surface area (Å²) in [5.41, 5.74) is -2.14. The van der Waals surface area contributed by atoms with E-state index in [9.17, 15) is 30.6 Å². The maximum Gasteiger partial charge on any atom is 0.122 e. The van der Waals surface area contributed by atoms with E-state index in [0.29, 0.717) is 0 Å². The Hall–Kier alpha value is -0.280. The smallest absolute Gasteiger partial charge is 0.122 e. The zero-order chi connectivity index (χ0) is 12.5. The van der Waals surface area contributed by atoms with Crippen molar-refractivity contribution >= 4 is 0 Å². The highest BCUT2D eigenvalue weighted by molar-refractivity contribution is 5.08. The van der Waals surface area contributed by atoms with Crippen LogP contribution in [0.3, 0.4) is 0 Å². The summed E-state index contributed by atoms with van der Waals surface area (Å²) < 4.78 is 0. The summed E-state index contributed by atoms with van der Waals surface area (Å²) in [6.45, 7) is -0.267. The molecular weight excluding hydrogens is 220 g/mol. The lowest BCUT2D eigenvalue weighted by Crippen LogP contribution is -2.70. The summed E-state index contributed by atoms with van der Waals surface area (Å²) >= 11 is 0. The second kappa shape index (κ2) is 4.92. The van der Waals surface area contributed by atoms with E-state index in [0.717, 1.165) is 0 Å². The van der Waals surface area contributed by atoms with Crippen molar-refractivity contribution in [1.82, 2.24) is 0 Å². The molecule has 7 heteroatoms. The molecule has 0 radical (unpaired) electrons. The third-order valence-corrected chi connectivity index (χ3v) is 3.11. The highest BCUT2D eigenvalue weighted by Gasteiger charge is 2.56. The van der Waals surface area contributed by atoms with E-state index in [1.54, 1.807) is 0 Å². The monoisotopic (exact) mass is 238 g/mol. The first-order valence-corrected chi connectivity index (χ1v) is 5.10. The van der Waals surface area contributed by atoms with Crippen molar-refractivity contribution in [3.05, 3.63) is 0 Å². The van der Waals surface area contributed by atoms with Crippen LogP contribution in [0.5, 0.6) is 0 Å². The number of rotatable bonds is 3. The van der Waals surface area contributed by atoms with Gasteiger partial charge in [0.15, 0.2) is 0 Å². The Balaban J connectivity index is 2.88. The summed E-state index contributed by atoms with van der Waals surface area (Å²) in [7, 11) is 0. The summed E-state index contributed by atoms with van der Waals surface area (Å²) in [4.78, 5) is 0. The van der Waals surface area contributed by atoms with Gasteiger partial charge in [-0.15, -0.1) is 0 Å². The van der Waals surface area contributed by atoms with Crippen LogP contribution in [0.4, 0.5) is 0 Å². The Morgan fingerprint density at radius 1 is 0.812 bits per heavy atom. The number of hydrogen-bond acceptors (Lipinski definition) is 7. The standard InChI is InChI=1S/C9H18O7/c10-3-1-2-9(16)7(14)5(12)4(11)6(13)8(9)15/h4-8,10-16H,1-3H2/t4?,5-,6?,7?,8?,9?/m1/s1. The first kappa shape index (κ1) is 13.8. The van der Waals surface area contributed by atoms with Crippen molar-refractivity contribution < 1.29 is 35.7 Å². The van der Waals surface area contributed by atoms with Crippen LogP contribution in [0.2, 0.25) is 0 Å². The molecule has 1 rings (SSSR count). The van der Waals surface area contributed by atoms with Gasteiger partial charge in [0.05, 0.1) is 0 Å². The van der Waals surface area contributed by atoms with Crippen LogP contribution in [0, 0.1) is 0 Å². The molecule has 1 aliphatic rings. The molecule has 0 aromatic heterocycles. The van der Waals surface area contributed by atoms with E-state index in [4.69, 9.17) is 5.11 Å². The van der Waals surface area contributed by atoms with Gasteiger partial charge in [0, 0.05) is 6.61 Å². The van der Waals surface area contributed by atoms with E-state index >= 15 is 0 Å². The molecule has 1 fully saturated rings. The van der Waals surface area contributed by atoms with Gasteiger partial charge in [0.2, 0.25) is 0 Å². The minimum atomic E-state index is -2.14. The van der Waals surface area contributed by atoms with Crippen molar-refractivity contribution in [3.8, 4) is 0 Å². The van der Waals surface area contributed by atoms with Crippen LogP contribution in [-0.4, -0.2) is 78.5 Å². The molecule has 0 spiro atoms. The lowest BCUT2D eigenvalue weighted by Gasteiger charge is -2.47. The van der Waals surface area contributed by atoms with E-state index in [2.05, 4.69) is 0 Å². The third kappa shape index (κ3) is 2.07. The van der Waals surface area contributed by atoms with Gasteiger partial charge in [-0.2, -0.15) is 0 Å². The average molecular weight is 238 g/mol. The molecule has 0 aromatic carbocycles. The Bertz CT molecular complexity index is 218. The third-order valence-electron chi connectivity index (χ3n) is 3.11. The molecule has 5 unspecified atom stereocenters. The van der Waals surface area contributed by atoms with Gasteiger partial charge >= 0.3 is 0 Å². The molecule has 7 N–H and O–H groups in total. The van der Waals surface area contributed by atoms with Gasteiger partial charge in [0.1, 0.15) is 36.1 Å². The lowest BCUT2D eigenvalue weighted by molar-refractivity contribution is -0.270. The zero-order valence-electron chi connectivity index (χ0n) is 8.64. The minimum absolute atomic E-state index is 0.0835. The fourth-order valence-corrected chi connectivity index (χ4v) is 2.00. The van der Waals surface area contributed by atoms with Crippen LogP contribution in [0.25, 0.3) is 0 Å². The molecule has 1 aliphatic carbocycles. The number of aliphatic hydroxyl groups is 7. The fraction of sp³-hybridized carbons (Fsp3) is 1.00.